The molecule has 0 atom stereocenters. The highest BCUT2D eigenvalue weighted by Gasteiger charge is 2.28. The molecule has 0 unspecified atom stereocenters. The Hall–Kier alpha value is -1.54. The minimum atomic E-state index is -3.92. The number of hydrogen-bond donors (Lipinski definition) is 1. The van der Waals surface area contributed by atoms with Gasteiger partial charge in [-0.3, -0.25) is 10.1 Å². The van der Waals surface area contributed by atoms with Crippen molar-refractivity contribution in [1.29, 1.82) is 0 Å². The van der Waals surface area contributed by atoms with Crippen molar-refractivity contribution in [3.8, 4) is 0 Å². The van der Waals surface area contributed by atoms with Crippen molar-refractivity contribution in [3.63, 3.8) is 0 Å². The monoisotopic (exact) mass is 304 g/mol. The average molecular weight is 304 g/mol. The summed E-state index contributed by atoms with van der Waals surface area (Å²) in [7, 11) is -3.92. The molecule has 0 saturated heterocycles. The van der Waals surface area contributed by atoms with Crippen molar-refractivity contribution in [2.75, 3.05) is 0 Å². The van der Waals surface area contributed by atoms with E-state index in [1.807, 2.05) is 13.8 Å². The summed E-state index contributed by atoms with van der Waals surface area (Å²) >= 11 is 0. The van der Waals surface area contributed by atoms with Crippen molar-refractivity contribution in [2.24, 2.45) is 0 Å². The summed E-state index contributed by atoms with van der Waals surface area (Å²) < 4.78 is 40.3. The highest BCUT2D eigenvalue weighted by atomic mass is 32.2. The molecule has 20 heavy (non-hydrogen) atoms. The second-order valence-electron chi connectivity index (χ2n) is 4.74. The van der Waals surface area contributed by atoms with E-state index in [2.05, 4.69) is 4.72 Å². The molecular weight excluding hydrogens is 287 g/mol. The van der Waals surface area contributed by atoms with Crippen LogP contribution in [0.1, 0.15) is 33.6 Å². The maximum absolute atomic E-state index is 13.5. The van der Waals surface area contributed by atoms with Crippen LogP contribution in [-0.2, 0) is 10.0 Å². The molecule has 0 aliphatic carbocycles. The average Bonchev–Trinajstić information content (AvgIpc) is 2.37. The predicted octanol–water partition coefficient (Wildman–Crippen LogP) is 2.59. The largest absolute Gasteiger partial charge is 0.304 e. The number of nitro benzene ring substituents is 1. The third kappa shape index (κ3) is 3.51. The van der Waals surface area contributed by atoms with Gasteiger partial charge < -0.3 is 0 Å². The Kier molecular flexibility index (Phi) is 4.82. The van der Waals surface area contributed by atoms with Crippen molar-refractivity contribution in [3.05, 3.63) is 34.1 Å². The van der Waals surface area contributed by atoms with Crippen molar-refractivity contribution in [1.82, 2.24) is 4.72 Å². The lowest BCUT2D eigenvalue weighted by Crippen LogP contribution is -2.44. The zero-order valence-corrected chi connectivity index (χ0v) is 12.3. The van der Waals surface area contributed by atoms with Crippen LogP contribution in [0.2, 0.25) is 0 Å². The van der Waals surface area contributed by atoms with Crippen LogP contribution in [0.4, 0.5) is 10.1 Å². The molecule has 0 bridgehead atoms. The van der Waals surface area contributed by atoms with Gasteiger partial charge in [-0.05, 0) is 25.8 Å². The number of benzene rings is 1. The van der Waals surface area contributed by atoms with Gasteiger partial charge in [0.05, 0.1) is 9.82 Å². The third-order valence-electron chi connectivity index (χ3n) is 3.37. The van der Waals surface area contributed by atoms with Crippen LogP contribution < -0.4 is 4.72 Å². The van der Waals surface area contributed by atoms with Gasteiger partial charge in [-0.15, -0.1) is 0 Å². The van der Waals surface area contributed by atoms with Crippen molar-refractivity contribution >= 4 is 15.7 Å². The van der Waals surface area contributed by atoms with Crippen LogP contribution >= 0.6 is 0 Å². The van der Waals surface area contributed by atoms with Crippen LogP contribution in [0.5, 0.6) is 0 Å². The first-order valence-electron chi connectivity index (χ1n) is 6.13. The van der Waals surface area contributed by atoms with E-state index in [4.69, 9.17) is 0 Å². The van der Waals surface area contributed by atoms with Crippen LogP contribution in [0, 0.1) is 15.9 Å². The second kappa shape index (κ2) is 5.84. The van der Waals surface area contributed by atoms with Crippen molar-refractivity contribution < 1.29 is 17.7 Å². The summed E-state index contributed by atoms with van der Waals surface area (Å²) in [5.74, 6) is -1.17. The molecule has 1 rings (SSSR count). The number of halogens is 1. The predicted molar refractivity (Wildman–Crippen MR) is 72.4 cm³/mol. The first-order valence-corrected chi connectivity index (χ1v) is 7.61. The molecule has 6 nitrogen and oxygen atoms in total. The SMILES string of the molecule is CCC(C)(CC)NS(=O)(=O)c1ccc([N+](=O)[O-])c(F)c1. The Morgan fingerprint density at radius 2 is 1.90 bits per heavy atom. The van der Waals surface area contributed by atoms with E-state index < -0.39 is 32.0 Å². The van der Waals surface area contributed by atoms with E-state index in [1.165, 1.54) is 0 Å². The number of sulfonamides is 1. The number of hydrogen-bond acceptors (Lipinski definition) is 4. The number of nitro groups is 1. The zero-order valence-electron chi connectivity index (χ0n) is 11.5. The Labute approximate surface area is 117 Å². The number of rotatable bonds is 6. The van der Waals surface area contributed by atoms with Gasteiger partial charge in [-0.1, -0.05) is 13.8 Å². The van der Waals surface area contributed by atoms with Gasteiger partial charge in [0.25, 0.3) is 0 Å². The van der Waals surface area contributed by atoms with E-state index >= 15 is 0 Å². The molecule has 1 aromatic rings. The van der Waals surface area contributed by atoms with Gasteiger partial charge in [0.15, 0.2) is 0 Å². The van der Waals surface area contributed by atoms with E-state index in [1.54, 1.807) is 6.92 Å². The molecule has 1 N–H and O–H groups in total. The van der Waals surface area contributed by atoms with Gasteiger partial charge in [0.1, 0.15) is 0 Å². The Morgan fingerprint density at radius 3 is 2.30 bits per heavy atom. The molecule has 0 amide bonds. The smallest absolute Gasteiger partial charge is 0.258 e. The van der Waals surface area contributed by atoms with Gasteiger partial charge in [-0.2, -0.15) is 4.39 Å². The summed E-state index contributed by atoms with van der Waals surface area (Å²) in [6.07, 6.45) is 1.14. The van der Waals surface area contributed by atoms with Gasteiger partial charge >= 0.3 is 5.69 Å². The summed E-state index contributed by atoms with van der Waals surface area (Å²) in [5, 5.41) is 10.5. The van der Waals surface area contributed by atoms with Crippen molar-refractivity contribution in [2.45, 2.75) is 44.0 Å². The topological polar surface area (TPSA) is 89.3 Å². The van der Waals surface area contributed by atoms with E-state index in [0.29, 0.717) is 18.9 Å². The highest BCUT2D eigenvalue weighted by molar-refractivity contribution is 7.89. The van der Waals surface area contributed by atoms with Gasteiger partial charge in [0, 0.05) is 17.7 Å². The van der Waals surface area contributed by atoms with E-state index in [0.717, 1.165) is 12.1 Å². The molecule has 8 heteroatoms. The van der Waals surface area contributed by atoms with E-state index in [-0.39, 0.29) is 4.90 Å². The zero-order chi connectivity index (χ0) is 15.6. The Bertz CT molecular complexity index is 612. The molecule has 0 aliphatic rings. The molecule has 0 aromatic heterocycles. The van der Waals surface area contributed by atoms with Gasteiger partial charge in [0.2, 0.25) is 15.8 Å². The summed E-state index contributed by atoms with van der Waals surface area (Å²) in [6, 6.07) is 2.53. The molecule has 112 valence electrons. The number of nitrogens with zero attached hydrogens (tertiary/aromatic N) is 1. The lowest BCUT2D eigenvalue weighted by Gasteiger charge is -2.27. The third-order valence-corrected chi connectivity index (χ3v) is 5.00. The first-order chi connectivity index (χ1) is 9.15. The quantitative estimate of drug-likeness (QED) is 0.646. The number of nitrogens with one attached hydrogen (secondary N) is 1. The van der Waals surface area contributed by atoms with Gasteiger partial charge in [-0.25, -0.2) is 13.1 Å². The minimum Gasteiger partial charge on any atom is -0.258 e. The summed E-state index contributed by atoms with van der Waals surface area (Å²) in [4.78, 5) is 9.28. The molecule has 0 aliphatic heterocycles. The maximum Gasteiger partial charge on any atom is 0.304 e. The molecule has 0 fully saturated rings. The molecule has 0 heterocycles. The van der Waals surface area contributed by atoms with Crippen LogP contribution in [-0.4, -0.2) is 18.9 Å². The molecular formula is C12H17FN2O4S. The van der Waals surface area contributed by atoms with Crippen LogP contribution in [0.3, 0.4) is 0 Å². The fourth-order valence-electron chi connectivity index (χ4n) is 1.58. The normalized spacial score (nSPS) is 12.4. The fraction of sp³-hybridized carbons (Fsp3) is 0.500. The first kappa shape index (κ1) is 16.5. The fourth-order valence-corrected chi connectivity index (χ4v) is 3.14. The standard InChI is InChI=1S/C12H17FN2O4S/c1-4-12(3,5-2)14-20(18,19)9-6-7-11(15(16)17)10(13)8-9/h6-8,14H,4-5H2,1-3H3. The maximum atomic E-state index is 13.5. The van der Waals surface area contributed by atoms with Crippen LogP contribution in [0.15, 0.2) is 23.1 Å². The lowest BCUT2D eigenvalue weighted by molar-refractivity contribution is -0.387. The van der Waals surface area contributed by atoms with E-state index in [9.17, 15) is 22.9 Å². The summed E-state index contributed by atoms with van der Waals surface area (Å²) in [6.45, 7) is 5.41. The molecule has 1 aromatic carbocycles. The van der Waals surface area contributed by atoms with Crippen LogP contribution in [0.25, 0.3) is 0 Å². The summed E-state index contributed by atoms with van der Waals surface area (Å²) in [5.41, 5.74) is -1.39. The highest BCUT2D eigenvalue weighted by Crippen LogP contribution is 2.23. The molecule has 0 spiro atoms. The molecule has 0 saturated carbocycles. The lowest BCUT2D eigenvalue weighted by atomic mass is 9.98. The minimum absolute atomic E-state index is 0.325. The Balaban J connectivity index is 3.17. The second-order valence-corrected chi connectivity index (χ2v) is 6.43. The molecule has 0 radical (unpaired) electrons. The Morgan fingerprint density at radius 1 is 1.35 bits per heavy atom.